The van der Waals surface area contributed by atoms with Crippen LogP contribution in [0.25, 0.3) is 0 Å². The molecule has 7 N–H and O–H groups in total. The smallest absolute Gasteiger partial charge is 0.174 e. The third-order valence-electron chi connectivity index (χ3n) is 3.12. The van der Waals surface area contributed by atoms with E-state index in [0.717, 1.165) is 0 Å². The van der Waals surface area contributed by atoms with Crippen LogP contribution in [0.5, 0.6) is 0 Å². The van der Waals surface area contributed by atoms with Gasteiger partial charge in [0, 0.05) is 18.2 Å². The van der Waals surface area contributed by atoms with Crippen molar-refractivity contribution in [2.45, 2.75) is 18.9 Å². The Morgan fingerprint density at radius 3 is 2.92 bits per heavy atom. The Morgan fingerprint density at radius 1 is 1.50 bits per heavy atom. The molecule has 12 heteroatoms. The average Bonchev–Trinajstić information content (AvgIpc) is 3.44. The number of benzene rings is 1. The van der Waals surface area contributed by atoms with Crippen molar-refractivity contribution < 1.29 is 14.4 Å². The molecule has 142 valence electrons. The number of hydroxylamine groups is 1. The third-order valence-corrected chi connectivity index (χ3v) is 4.38. The molecular weight excluding hydrogens is 429 g/mol. The first kappa shape index (κ1) is 20.7. The molecule has 1 aromatic carbocycles. The Balaban J connectivity index is 1.82. The molecule has 1 aliphatic rings. The highest BCUT2D eigenvalue weighted by molar-refractivity contribution is 9.10. The minimum absolute atomic E-state index is 0.153. The van der Waals surface area contributed by atoms with E-state index in [1.54, 1.807) is 0 Å². The fourth-order valence-electron chi connectivity index (χ4n) is 1.62. The van der Waals surface area contributed by atoms with Crippen LogP contribution in [0.15, 0.2) is 32.7 Å². The number of aliphatic imine (C=N–C) groups is 2. The van der Waals surface area contributed by atoms with Gasteiger partial charge in [0.05, 0.1) is 23.3 Å². The van der Waals surface area contributed by atoms with Crippen LogP contribution in [0, 0.1) is 11.2 Å². The Bertz CT molecular complexity index is 700. The Morgan fingerprint density at radius 2 is 2.27 bits per heavy atom. The molecular formula is C14H19BrFN7O2S. The Hall–Kier alpha value is -1.57. The predicted octanol–water partition coefficient (Wildman–Crippen LogP) is 1.81. The highest BCUT2D eigenvalue weighted by atomic mass is 79.9. The summed E-state index contributed by atoms with van der Waals surface area (Å²) >= 11 is 4.30. The number of amidine groups is 2. The number of rotatable bonds is 10. The fourth-order valence-corrected chi connectivity index (χ4v) is 2.58. The van der Waals surface area contributed by atoms with Crippen molar-refractivity contribution in [2.24, 2.45) is 15.7 Å². The second-order valence-electron chi connectivity index (χ2n) is 5.24. The molecule has 0 atom stereocenters. The van der Waals surface area contributed by atoms with Gasteiger partial charge in [0.1, 0.15) is 11.5 Å². The molecule has 1 aliphatic carbocycles. The van der Waals surface area contributed by atoms with Gasteiger partial charge in [0.15, 0.2) is 11.7 Å². The molecule has 0 saturated heterocycles. The lowest BCUT2D eigenvalue weighted by Crippen LogP contribution is -2.38. The van der Waals surface area contributed by atoms with E-state index >= 15 is 0 Å². The van der Waals surface area contributed by atoms with Crippen molar-refractivity contribution in [3.8, 4) is 0 Å². The molecule has 0 radical (unpaired) electrons. The molecule has 2 rings (SSSR count). The average molecular weight is 448 g/mol. The molecule has 0 amide bonds. The van der Waals surface area contributed by atoms with Gasteiger partial charge >= 0.3 is 0 Å². The first-order valence-electron chi connectivity index (χ1n) is 7.62. The molecule has 0 aromatic heterocycles. The van der Waals surface area contributed by atoms with E-state index in [-0.39, 0.29) is 35.0 Å². The zero-order chi connectivity index (χ0) is 18.9. The van der Waals surface area contributed by atoms with E-state index in [1.165, 1.54) is 43.2 Å². The van der Waals surface area contributed by atoms with Crippen molar-refractivity contribution in [1.29, 1.82) is 5.41 Å². The molecule has 0 unspecified atom stereocenters. The maximum Gasteiger partial charge on any atom is 0.174 e. The van der Waals surface area contributed by atoms with Crippen LogP contribution in [-0.4, -0.2) is 41.8 Å². The SMILES string of the molecule is N=C(C(N)=Nc1ccc(F)c(Br)c1)C(=NCCONSNC1CC1)NO. The van der Waals surface area contributed by atoms with E-state index < -0.39 is 5.82 Å². The lowest BCUT2D eigenvalue weighted by Gasteiger charge is -2.07. The van der Waals surface area contributed by atoms with Crippen LogP contribution in [0.4, 0.5) is 10.1 Å². The van der Waals surface area contributed by atoms with Crippen molar-refractivity contribution in [1.82, 2.24) is 15.1 Å². The topological polar surface area (TPSA) is 140 Å². The zero-order valence-electron chi connectivity index (χ0n) is 13.6. The molecule has 1 fully saturated rings. The van der Waals surface area contributed by atoms with Crippen LogP contribution in [-0.2, 0) is 4.84 Å². The molecule has 1 saturated carbocycles. The van der Waals surface area contributed by atoms with Crippen molar-refractivity contribution in [3.63, 3.8) is 0 Å². The molecule has 1 aromatic rings. The maximum absolute atomic E-state index is 13.2. The van der Waals surface area contributed by atoms with Crippen LogP contribution >= 0.6 is 28.1 Å². The minimum atomic E-state index is -0.434. The minimum Gasteiger partial charge on any atom is -0.382 e. The standard InChI is InChI=1S/C14H19BrFN7O2S/c15-10-7-9(3-4-11(10)16)20-13(18)12(17)14(21-24)19-5-6-25-23-26-22-8-1-2-8/h3-4,7-8,17,22-24H,1-2,5-6H2,(H2,18,20)(H,19,21). The summed E-state index contributed by atoms with van der Waals surface area (Å²) in [5, 5.41) is 17.1. The number of halogens is 2. The van der Waals surface area contributed by atoms with Crippen molar-refractivity contribution in [2.75, 3.05) is 13.2 Å². The van der Waals surface area contributed by atoms with Crippen molar-refractivity contribution >= 4 is 51.1 Å². The van der Waals surface area contributed by atoms with E-state index in [4.69, 9.17) is 21.2 Å². The second-order valence-corrected chi connectivity index (χ2v) is 6.70. The number of nitrogens with two attached hydrogens (primary N) is 1. The normalized spacial score (nSPS) is 15.2. The van der Waals surface area contributed by atoms with E-state index in [0.29, 0.717) is 11.7 Å². The molecule has 0 spiro atoms. The molecule has 0 aliphatic heterocycles. The number of nitrogens with zero attached hydrogens (tertiary/aromatic N) is 2. The summed E-state index contributed by atoms with van der Waals surface area (Å²) in [6, 6.07) is 4.60. The summed E-state index contributed by atoms with van der Waals surface area (Å²) in [5.41, 5.74) is 7.62. The van der Waals surface area contributed by atoms with Gasteiger partial charge in [-0.1, -0.05) is 0 Å². The quantitative estimate of drug-likeness (QED) is 0.105. The first-order valence-corrected chi connectivity index (χ1v) is 9.23. The third kappa shape index (κ3) is 6.97. The second kappa shape index (κ2) is 10.5. The van der Waals surface area contributed by atoms with Gasteiger partial charge in [0.25, 0.3) is 0 Å². The van der Waals surface area contributed by atoms with Gasteiger partial charge in [-0.05, 0) is 47.0 Å². The highest BCUT2D eigenvalue weighted by Crippen LogP contribution is 2.22. The van der Waals surface area contributed by atoms with Gasteiger partial charge in [-0.15, -0.1) is 4.89 Å². The number of hydrogen-bond donors (Lipinski definition) is 6. The molecule has 9 nitrogen and oxygen atoms in total. The highest BCUT2D eigenvalue weighted by Gasteiger charge is 2.20. The molecule has 26 heavy (non-hydrogen) atoms. The van der Waals surface area contributed by atoms with Gasteiger partial charge in [0.2, 0.25) is 0 Å². The molecule has 0 heterocycles. The van der Waals surface area contributed by atoms with Gasteiger partial charge in [-0.2, -0.15) is 0 Å². The summed E-state index contributed by atoms with van der Waals surface area (Å²) in [6.07, 6.45) is 2.34. The number of nitrogens with one attached hydrogen (secondary N) is 4. The maximum atomic E-state index is 13.2. The largest absolute Gasteiger partial charge is 0.382 e. The van der Waals surface area contributed by atoms with E-state index in [9.17, 15) is 4.39 Å². The van der Waals surface area contributed by atoms with Crippen LogP contribution in [0.2, 0.25) is 0 Å². The monoisotopic (exact) mass is 447 g/mol. The van der Waals surface area contributed by atoms with Gasteiger partial charge < -0.3 is 5.73 Å². The lowest BCUT2D eigenvalue weighted by atomic mass is 10.3. The lowest BCUT2D eigenvalue weighted by molar-refractivity contribution is 0.108. The van der Waals surface area contributed by atoms with Crippen molar-refractivity contribution in [3.05, 3.63) is 28.5 Å². The molecule has 0 bridgehead atoms. The van der Waals surface area contributed by atoms with E-state index in [1.807, 2.05) is 5.48 Å². The summed E-state index contributed by atoms with van der Waals surface area (Å²) in [6.45, 7) is 0.400. The Kier molecular flexibility index (Phi) is 8.41. The summed E-state index contributed by atoms with van der Waals surface area (Å²) < 4.78 is 16.6. The van der Waals surface area contributed by atoms with E-state index in [2.05, 4.69) is 35.5 Å². The number of hydrogen-bond acceptors (Lipinski definition) is 8. The van der Waals surface area contributed by atoms with Crippen LogP contribution < -0.4 is 20.8 Å². The zero-order valence-corrected chi connectivity index (χ0v) is 16.0. The van der Waals surface area contributed by atoms with Gasteiger partial charge in [-0.25, -0.2) is 14.1 Å². The summed E-state index contributed by atoms with van der Waals surface area (Å²) in [5.74, 6) is -0.775. The summed E-state index contributed by atoms with van der Waals surface area (Å²) in [7, 11) is 0. The van der Waals surface area contributed by atoms with Crippen LogP contribution in [0.3, 0.4) is 0 Å². The van der Waals surface area contributed by atoms with Crippen LogP contribution in [0.1, 0.15) is 12.8 Å². The fraction of sp³-hybridized carbons (Fsp3) is 0.357. The van der Waals surface area contributed by atoms with Gasteiger partial charge in [-0.3, -0.25) is 25.9 Å². The summed E-state index contributed by atoms with van der Waals surface area (Å²) in [4.78, 5) is 15.8. The predicted molar refractivity (Wildman–Crippen MR) is 103 cm³/mol. The Labute approximate surface area is 162 Å². The first-order chi connectivity index (χ1) is 12.5.